The second-order valence-electron chi connectivity index (χ2n) is 5.13. The number of carbonyl (C=O) groups is 1. The highest BCUT2D eigenvalue weighted by atomic mass is 16.4. The molecule has 1 heterocycles. The molecule has 0 amide bonds. The van der Waals surface area contributed by atoms with Gasteiger partial charge in [0.1, 0.15) is 0 Å². The zero-order valence-electron chi connectivity index (χ0n) is 10.1. The van der Waals surface area contributed by atoms with Crippen LogP contribution < -0.4 is 4.90 Å². The van der Waals surface area contributed by atoms with Crippen molar-refractivity contribution in [3.63, 3.8) is 0 Å². The first-order valence-electron chi connectivity index (χ1n) is 5.70. The van der Waals surface area contributed by atoms with Gasteiger partial charge in [-0.2, -0.15) is 0 Å². The molecule has 0 aromatic heterocycles. The molecule has 2 N–H and O–H groups in total. The Hall–Kier alpha value is -1.55. The molecule has 17 heavy (non-hydrogen) atoms. The number of fused-ring (bicyclic) bond motifs is 1. The third-order valence-corrected chi connectivity index (χ3v) is 2.90. The van der Waals surface area contributed by atoms with E-state index in [0.717, 1.165) is 24.2 Å². The molecule has 0 unspecified atom stereocenters. The van der Waals surface area contributed by atoms with Crippen molar-refractivity contribution >= 4 is 11.7 Å². The molecule has 1 aliphatic rings. The van der Waals surface area contributed by atoms with Gasteiger partial charge in [-0.1, -0.05) is 6.07 Å². The van der Waals surface area contributed by atoms with E-state index in [9.17, 15) is 9.90 Å². The highest BCUT2D eigenvalue weighted by molar-refractivity contribution is 5.89. The zero-order valence-corrected chi connectivity index (χ0v) is 10.1. The van der Waals surface area contributed by atoms with Gasteiger partial charge in [0.25, 0.3) is 0 Å². The topological polar surface area (TPSA) is 60.8 Å². The lowest BCUT2D eigenvalue weighted by atomic mass is 10.1. The number of rotatable bonds is 3. The number of aromatic carboxylic acids is 1. The van der Waals surface area contributed by atoms with Crippen molar-refractivity contribution in [3.8, 4) is 0 Å². The Labute approximate surface area is 100 Å². The van der Waals surface area contributed by atoms with Gasteiger partial charge < -0.3 is 15.1 Å². The van der Waals surface area contributed by atoms with Crippen LogP contribution in [-0.2, 0) is 6.42 Å². The molecule has 0 saturated heterocycles. The Morgan fingerprint density at radius 2 is 2.18 bits per heavy atom. The molecule has 0 radical (unpaired) electrons. The average Bonchev–Trinajstić information content (AvgIpc) is 2.58. The molecule has 1 aliphatic heterocycles. The second kappa shape index (κ2) is 4.04. The summed E-state index contributed by atoms with van der Waals surface area (Å²) in [5.41, 5.74) is 1.61. The minimum Gasteiger partial charge on any atom is -0.478 e. The third-order valence-electron chi connectivity index (χ3n) is 2.90. The zero-order chi connectivity index (χ0) is 12.6. The Kier molecular flexibility index (Phi) is 2.83. The van der Waals surface area contributed by atoms with Gasteiger partial charge in [-0.15, -0.1) is 0 Å². The molecule has 2 rings (SSSR count). The van der Waals surface area contributed by atoms with Crippen LogP contribution in [0.4, 0.5) is 5.69 Å². The summed E-state index contributed by atoms with van der Waals surface area (Å²) in [6.07, 6.45) is 0.908. The Balaban J connectivity index is 2.29. The van der Waals surface area contributed by atoms with Crippen LogP contribution in [0.2, 0.25) is 0 Å². The van der Waals surface area contributed by atoms with Gasteiger partial charge in [0, 0.05) is 18.8 Å². The van der Waals surface area contributed by atoms with Crippen LogP contribution in [-0.4, -0.2) is 34.9 Å². The van der Waals surface area contributed by atoms with E-state index in [1.807, 2.05) is 11.0 Å². The molecule has 4 heteroatoms. The summed E-state index contributed by atoms with van der Waals surface area (Å²) >= 11 is 0. The number of β-amino-alcohol motifs (C(OH)–C–C–N with tert-alkyl or cyclic N) is 1. The maximum absolute atomic E-state index is 10.9. The van der Waals surface area contributed by atoms with Gasteiger partial charge in [0.15, 0.2) is 0 Å². The van der Waals surface area contributed by atoms with Crippen molar-refractivity contribution in [2.24, 2.45) is 0 Å². The average molecular weight is 235 g/mol. The predicted octanol–water partition coefficient (Wildman–Crippen LogP) is 1.52. The molecule has 1 aromatic carbocycles. The number of benzene rings is 1. The van der Waals surface area contributed by atoms with Gasteiger partial charge in [0.2, 0.25) is 0 Å². The predicted molar refractivity (Wildman–Crippen MR) is 65.6 cm³/mol. The molecule has 0 atom stereocenters. The third kappa shape index (κ3) is 2.58. The Morgan fingerprint density at radius 1 is 1.47 bits per heavy atom. The Bertz CT molecular complexity index is 448. The quantitative estimate of drug-likeness (QED) is 0.834. The van der Waals surface area contributed by atoms with E-state index in [4.69, 9.17) is 5.11 Å². The van der Waals surface area contributed by atoms with Crippen LogP contribution in [0.5, 0.6) is 0 Å². The number of nitrogens with zero attached hydrogens (tertiary/aromatic N) is 1. The lowest BCUT2D eigenvalue weighted by Crippen LogP contribution is -2.37. The van der Waals surface area contributed by atoms with Gasteiger partial charge in [-0.05, 0) is 38.0 Å². The van der Waals surface area contributed by atoms with Crippen LogP contribution in [0, 0.1) is 0 Å². The standard InChI is InChI=1S/C13H17NO3/c1-13(2,17)8-14-6-5-9-3-4-10(12(15)16)7-11(9)14/h3-4,7,17H,5-6,8H2,1-2H3,(H,15,16). The lowest BCUT2D eigenvalue weighted by Gasteiger charge is -2.27. The van der Waals surface area contributed by atoms with Gasteiger partial charge in [-0.25, -0.2) is 4.79 Å². The van der Waals surface area contributed by atoms with E-state index in [1.54, 1.807) is 26.0 Å². The normalized spacial score (nSPS) is 14.9. The first-order chi connectivity index (χ1) is 7.87. The molecule has 0 spiro atoms. The highest BCUT2D eigenvalue weighted by Crippen LogP contribution is 2.30. The molecule has 1 aromatic rings. The number of carboxylic acid groups (broad SMARTS) is 1. The van der Waals surface area contributed by atoms with Crippen molar-refractivity contribution in [1.29, 1.82) is 0 Å². The van der Waals surface area contributed by atoms with Crippen molar-refractivity contribution in [2.45, 2.75) is 25.9 Å². The van der Waals surface area contributed by atoms with Crippen LogP contribution >= 0.6 is 0 Å². The largest absolute Gasteiger partial charge is 0.478 e. The summed E-state index contributed by atoms with van der Waals surface area (Å²) in [5.74, 6) is -0.914. The number of aliphatic hydroxyl groups is 1. The highest BCUT2D eigenvalue weighted by Gasteiger charge is 2.25. The first kappa shape index (κ1) is 11.9. The van der Waals surface area contributed by atoms with Crippen molar-refractivity contribution in [1.82, 2.24) is 0 Å². The van der Waals surface area contributed by atoms with Gasteiger partial charge in [-0.3, -0.25) is 0 Å². The van der Waals surface area contributed by atoms with Crippen molar-refractivity contribution < 1.29 is 15.0 Å². The number of hydrogen-bond acceptors (Lipinski definition) is 3. The van der Waals surface area contributed by atoms with E-state index >= 15 is 0 Å². The maximum atomic E-state index is 10.9. The smallest absolute Gasteiger partial charge is 0.335 e. The summed E-state index contributed by atoms with van der Waals surface area (Å²) in [6.45, 7) is 4.86. The van der Waals surface area contributed by atoms with E-state index in [1.165, 1.54) is 0 Å². The number of anilines is 1. The van der Waals surface area contributed by atoms with Gasteiger partial charge >= 0.3 is 5.97 Å². The molecule has 0 bridgehead atoms. The minimum absolute atomic E-state index is 0.298. The number of hydrogen-bond donors (Lipinski definition) is 2. The fourth-order valence-corrected chi connectivity index (χ4v) is 2.21. The summed E-state index contributed by atoms with van der Waals surface area (Å²) in [5, 5.41) is 18.8. The van der Waals surface area contributed by atoms with Crippen LogP contribution in [0.1, 0.15) is 29.8 Å². The fraction of sp³-hybridized carbons (Fsp3) is 0.462. The second-order valence-corrected chi connectivity index (χ2v) is 5.13. The van der Waals surface area contributed by atoms with Crippen LogP contribution in [0.25, 0.3) is 0 Å². The summed E-state index contributed by atoms with van der Waals surface area (Å²) in [4.78, 5) is 13.0. The molecule has 0 aliphatic carbocycles. The molecular formula is C13H17NO3. The summed E-state index contributed by atoms with van der Waals surface area (Å²) in [6, 6.07) is 5.19. The SMILES string of the molecule is CC(C)(O)CN1CCc2ccc(C(=O)O)cc21. The molecule has 0 fully saturated rings. The summed E-state index contributed by atoms with van der Waals surface area (Å²) < 4.78 is 0. The molecule has 4 nitrogen and oxygen atoms in total. The maximum Gasteiger partial charge on any atom is 0.335 e. The fourth-order valence-electron chi connectivity index (χ4n) is 2.21. The van der Waals surface area contributed by atoms with E-state index in [0.29, 0.717) is 12.1 Å². The number of carboxylic acids is 1. The van der Waals surface area contributed by atoms with E-state index in [-0.39, 0.29) is 0 Å². The monoisotopic (exact) mass is 235 g/mol. The van der Waals surface area contributed by atoms with Crippen LogP contribution in [0.3, 0.4) is 0 Å². The molecule has 0 saturated carbocycles. The van der Waals surface area contributed by atoms with Gasteiger partial charge in [0.05, 0.1) is 11.2 Å². The first-order valence-corrected chi connectivity index (χ1v) is 5.70. The minimum atomic E-state index is -0.914. The van der Waals surface area contributed by atoms with Crippen molar-refractivity contribution in [2.75, 3.05) is 18.0 Å². The lowest BCUT2D eigenvalue weighted by molar-refractivity contribution is 0.0697. The van der Waals surface area contributed by atoms with E-state index in [2.05, 4.69) is 0 Å². The molecule has 92 valence electrons. The van der Waals surface area contributed by atoms with Crippen molar-refractivity contribution in [3.05, 3.63) is 29.3 Å². The molecular weight excluding hydrogens is 218 g/mol. The Morgan fingerprint density at radius 3 is 2.76 bits per heavy atom. The summed E-state index contributed by atoms with van der Waals surface area (Å²) in [7, 11) is 0. The van der Waals surface area contributed by atoms with E-state index < -0.39 is 11.6 Å². The van der Waals surface area contributed by atoms with Crippen LogP contribution in [0.15, 0.2) is 18.2 Å².